The van der Waals surface area contributed by atoms with E-state index in [1.807, 2.05) is 0 Å². The number of nitrogens with one attached hydrogen (secondary N) is 1. The first-order valence-electron chi connectivity index (χ1n) is 10.2. The lowest BCUT2D eigenvalue weighted by molar-refractivity contribution is -0.137. The summed E-state index contributed by atoms with van der Waals surface area (Å²) in [5, 5.41) is 2.84. The predicted octanol–water partition coefficient (Wildman–Crippen LogP) is 5.85. The molecule has 1 saturated carbocycles. The number of amides is 1. The fraction of sp³-hybridized carbons (Fsp3) is 0.667. The Morgan fingerprint density at radius 3 is 2.41 bits per heavy atom. The van der Waals surface area contributed by atoms with Gasteiger partial charge in [-0.2, -0.15) is 13.2 Å². The Morgan fingerprint density at radius 2 is 1.81 bits per heavy atom. The largest absolute Gasteiger partial charge is 0.416 e. The first kappa shape index (κ1) is 20.0. The third-order valence-electron chi connectivity index (χ3n) is 5.94. The van der Waals surface area contributed by atoms with Gasteiger partial charge in [-0.05, 0) is 62.6 Å². The molecule has 1 saturated heterocycles. The van der Waals surface area contributed by atoms with E-state index in [-0.39, 0.29) is 11.8 Å². The van der Waals surface area contributed by atoms with Crippen molar-refractivity contribution < 1.29 is 18.0 Å². The first-order chi connectivity index (χ1) is 12.9. The van der Waals surface area contributed by atoms with E-state index in [4.69, 9.17) is 0 Å². The van der Waals surface area contributed by atoms with Crippen molar-refractivity contribution in [3.05, 3.63) is 23.8 Å². The number of halogens is 3. The smallest absolute Gasteiger partial charge is 0.370 e. The number of rotatable bonds is 5. The molecule has 1 N–H and O–H groups in total. The number of hydrogen-bond acceptors (Lipinski definition) is 2. The molecule has 2 aliphatic rings. The number of hydrogen-bond donors (Lipinski definition) is 1. The third kappa shape index (κ3) is 4.96. The Balaban J connectivity index is 1.74. The van der Waals surface area contributed by atoms with Gasteiger partial charge in [-0.1, -0.05) is 19.8 Å². The van der Waals surface area contributed by atoms with Crippen molar-refractivity contribution in [2.24, 2.45) is 11.8 Å². The maximum absolute atomic E-state index is 13.2. The van der Waals surface area contributed by atoms with Crippen molar-refractivity contribution in [3.63, 3.8) is 0 Å². The maximum atomic E-state index is 13.2. The molecule has 0 bridgehead atoms. The lowest BCUT2D eigenvalue weighted by Crippen LogP contribution is -2.28. The molecule has 0 unspecified atom stereocenters. The fourth-order valence-corrected chi connectivity index (χ4v) is 4.40. The van der Waals surface area contributed by atoms with Crippen LogP contribution in [0.5, 0.6) is 0 Å². The second-order valence-electron chi connectivity index (χ2n) is 7.92. The summed E-state index contributed by atoms with van der Waals surface area (Å²) in [6.45, 7) is 3.80. The van der Waals surface area contributed by atoms with Gasteiger partial charge in [-0.3, -0.25) is 4.79 Å². The molecule has 1 aromatic carbocycles. The van der Waals surface area contributed by atoms with Crippen molar-refractivity contribution in [1.82, 2.24) is 0 Å². The summed E-state index contributed by atoms with van der Waals surface area (Å²) in [5.41, 5.74) is 0.285. The van der Waals surface area contributed by atoms with E-state index >= 15 is 0 Å². The Kier molecular flexibility index (Phi) is 6.33. The highest BCUT2D eigenvalue weighted by molar-refractivity contribution is 5.96. The van der Waals surface area contributed by atoms with Gasteiger partial charge in [0.1, 0.15) is 0 Å². The fourth-order valence-electron chi connectivity index (χ4n) is 4.40. The van der Waals surface area contributed by atoms with Crippen molar-refractivity contribution in [2.75, 3.05) is 23.3 Å². The van der Waals surface area contributed by atoms with Crippen LogP contribution in [-0.4, -0.2) is 19.0 Å². The second kappa shape index (κ2) is 8.53. The molecule has 1 aliphatic carbocycles. The summed E-state index contributed by atoms with van der Waals surface area (Å²) in [4.78, 5) is 14.8. The molecule has 6 heteroatoms. The summed E-state index contributed by atoms with van der Waals surface area (Å²) in [7, 11) is 0. The lowest BCUT2D eigenvalue weighted by Gasteiger charge is -2.28. The predicted molar refractivity (Wildman–Crippen MR) is 102 cm³/mol. The average molecular weight is 382 g/mol. The summed E-state index contributed by atoms with van der Waals surface area (Å²) in [5.74, 6) is 0.455. The molecule has 3 nitrogen and oxygen atoms in total. The zero-order chi connectivity index (χ0) is 19.4. The molecule has 0 radical (unpaired) electrons. The minimum absolute atomic E-state index is 0.0981. The Hall–Kier alpha value is -1.72. The normalized spacial score (nSPS) is 23.5. The van der Waals surface area contributed by atoms with Crippen LogP contribution in [0.3, 0.4) is 0 Å². The molecule has 3 rings (SSSR count). The highest BCUT2D eigenvalue weighted by Gasteiger charge is 2.33. The van der Waals surface area contributed by atoms with E-state index in [0.717, 1.165) is 70.2 Å². The van der Waals surface area contributed by atoms with E-state index < -0.39 is 11.7 Å². The topological polar surface area (TPSA) is 32.3 Å². The average Bonchev–Trinajstić information content (AvgIpc) is 3.16. The molecule has 1 aromatic rings. The van der Waals surface area contributed by atoms with Crippen LogP contribution in [0, 0.1) is 11.8 Å². The van der Waals surface area contributed by atoms with E-state index in [2.05, 4.69) is 17.1 Å². The summed E-state index contributed by atoms with van der Waals surface area (Å²) >= 11 is 0. The SMILES string of the molecule is CCCC1CCC(C(=O)Nc2cc(C(F)(F)F)ccc2N2CCCC2)CC1. The summed E-state index contributed by atoms with van der Waals surface area (Å²) < 4.78 is 39.5. The van der Waals surface area contributed by atoms with Gasteiger partial charge in [0.25, 0.3) is 0 Å². The number of carbonyl (C=O) groups is 1. The standard InChI is InChI=1S/C21H29F3N2O/c1-2-5-15-6-8-16(9-7-15)20(27)25-18-14-17(21(22,23)24)10-11-19(18)26-12-3-4-13-26/h10-11,14-16H,2-9,12-13H2,1H3,(H,25,27). The van der Waals surface area contributed by atoms with E-state index in [1.54, 1.807) is 0 Å². The molecule has 1 amide bonds. The van der Waals surface area contributed by atoms with Crippen molar-refractivity contribution in [3.8, 4) is 0 Å². The van der Waals surface area contributed by atoms with Crippen LogP contribution >= 0.6 is 0 Å². The quantitative estimate of drug-likeness (QED) is 0.693. The molecule has 0 spiro atoms. The van der Waals surface area contributed by atoms with E-state index in [9.17, 15) is 18.0 Å². The minimum Gasteiger partial charge on any atom is -0.370 e. The zero-order valence-corrected chi connectivity index (χ0v) is 15.9. The molecule has 0 atom stereocenters. The Labute approximate surface area is 159 Å². The van der Waals surface area contributed by atoms with Crippen LogP contribution in [-0.2, 0) is 11.0 Å². The van der Waals surface area contributed by atoms with Gasteiger partial charge in [0, 0.05) is 19.0 Å². The summed E-state index contributed by atoms with van der Waals surface area (Å²) in [6.07, 6.45) is 3.71. The molecule has 150 valence electrons. The van der Waals surface area contributed by atoms with Gasteiger partial charge in [0.15, 0.2) is 0 Å². The molecule has 27 heavy (non-hydrogen) atoms. The van der Waals surface area contributed by atoms with E-state index in [0.29, 0.717) is 17.3 Å². The number of nitrogens with zero attached hydrogens (tertiary/aromatic N) is 1. The van der Waals surface area contributed by atoms with Crippen LogP contribution in [0.1, 0.15) is 63.9 Å². The Morgan fingerprint density at radius 1 is 1.15 bits per heavy atom. The van der Waals surface area contributed by atoms with Crippen LogP contribution in [0.25, 0.3) is 0 Å². The second-order valence-corrected chi connectivity index (χ2v) is 7.92. The highest BCUT2D eigenvalue weighted by Crippen LogP contribution is 2.38. The zero-order valence-electron chi connectivity index (χ0n) is 15.9. The van der Waals surface area contributed by atoms with Gasteiger partial charge >= 0.3 is 6.18 Å². The van der Waals surface area contributed by atoms with Gasteiger partial charge in [-0.25, -0.2) is 0 Å². The molecule has 2 fully saturated rings. The van der Waals surface area contributed by atoms with Crippen molar-refractivity contribution >= 4 is 17.3 Å². The molecular formula is C21H29F3N2O. The monoisotopic (exact) mass is 382 g/mol. The maximum Gasteiger partial charge on any atom is 0.416 e. The van der Waals surface area contributed by atoms with Crippen molar-refractivity contribution in [1.29, 1.82) is 0 Å². The van der Waals surface area contributed by atoms with Crippen LogP contribution in [0.4, 0.5) is 24.5 Å². The minimum atomic E-state index is -4.42. The van der Waals surface area contributed by atoms with Crippen molar-refractivity contribution in [2.45, 2.75) is 64.5 Å². The molecular weight excluding hydrogens is 353 g/mol. The van der Waals surface area contributed by atoms with Crippen LogP contribution < -0.4 is 10.2 Å². The van der Waals surface area contributed by atoms with Gasteiger partial charge in [-0.15, -0.1) is 0 Å². The van der Waals surface area contributed by atoms with Crippen LogP contribution in [0.15, 0.2) is 18.2 Å². The molecule has 1 aliphatic heterocycles. The summed E-state index contributed by atoms with van der Waals surface area (Å²) in [6, 6.07) is 3.70. The number of carbonyl (C=O) groups excluding carboxylic acids is 1. The number of benzene rings is 1. The molecule has 1 heterocycles. The van der Waals surface area contributed by atoms with Gasteiger partial charge < -0.3 is 10.2 Å². The van der Waals surface area contributed by atoms with Gasteiger partial charge in [0.2, 0.25) is 5.91 Å². The molecule has 0 aromatic heterocycles. The third-order valence-corrected chi connectivity index (χ3v) is 5.94. The number of anilines is 2. The van der Waals surface area contributed by atoms with Crippen LogP contribution in [0.2, 0.25) is 0 Å². The number of alkyl halides is 3. The highest BCUT2D eigenvalue weighted by atomic mass is 19.4. The Bertz CT molecular complexity index is 645. The van der Waals surface area contributed by atoms with E-state index in [1.165, 1.54) is 12.5 Å². The first-order valence-corrected chi connectivity index (χ1v) is 10.2. The lowest BCUT2D eigenvalue weighted by atomic mass is 9.79. The van der Waals surface area contributed by atoms with Gasteiger partial charge in [0.05, 0.1) is 16.9 Å².